The molecule has 2 aromatic rings. The normalized spacial score (nSPS) is 14.1. The third kappa shape index (κ3) is 1.37. The van der Waals surface area contributed by atoms with Crippen molar-refractivity contribution >= 4 is 22.8 Å². The number of allylic oxidation sites excluding steroid dienone is 1. The molecule has 1 aromatic carbocycles. The number of aromatic hydroxyl groups is 1. The first-order valence-electron chi connectivity index (χ1n) is 5.06. The highest BCUT2D eigenvalue weighted by Crippen LogP contribution is 2.24. The van der Waals surface area contributed by atoms with Gasteiger partial charge in [0.2, 0.25) is 0 Å². The van der Waals surface area contributed by atoms with Crippen LogP contribution >= 0.6 is 0 Å². The number of aromatic nitrogens is 1. The molecule has 0 spiro atoms. The molecule has 0 saturated carbocycles. The molecule has 16 heavy (non-hydrogen) atoms. The van der Waals surface area contributed by atoms with Gasteiger partial charge in [-0.1, -0.05) is 0 Å². The van der Waals surface area contributed by atoms with Gasteiger partial charge in [0.05, 0.1) is 11.2 Å². The molecule has 1 N–H and O–H groups in total. The Kier molecular flexibility index (Phi) is 1.80. The van der Waals surface area contributed by atoms with Crippen molar-refractivity contribution in [2.45, 2.75) is 6.42 Å². The number of rotatable bonds is 0. The van der Waals surface area contributed by atoms with Crippen molar-refractivity contribution in [3.63, 3.8) is 0 Å². The summed E-state index contributed by atoms with van der Waals surface area (Å²) < 4.78 is 0. The molecule has 3 nitrogen and oxygen atoms in total. The first kappa shape index (κ1) is 9.09. The number of nitrogens with zero attached hydrogens (tertiary/aromatic N) is 1. The summed E-state index contributed by atoms with van der Waals surface area (Å²) in [4.78, 5) is 15.7. The van der Waals surface area contributed by atoms with E-state index in [0.717, 1.165) is 22.2 Å². The van der Waals surface area contributed by atoms with Crippen LogP contribution in [0.15, 0.2) is 30.3 Å². The number of benzene rings is 1. The first-order chi connectivity index (χ1) is 7.72. The molecular formula is C13H9NO2. The van der Waals surface area contributed by atoms with E-state index in [4.69, 9.17) is 0 Å². The summed E-state index contributed by atoms with van der Waals surface area (Å²) in [6.07, 6.45) is 3.69. The second-order valence-electron chi connectivity index (χ2n) is 3.89. The number of phenolic OH excluding ortho intramolecular Hbond substituents is 1. The Morgan fingerprint density at radius 3 is 2.94 bits per heavy atom. The van der Waals surface area contributed by atoms with Crippen molar-refractivity contribution in [3.8, 4) is 5.75 Å². The lowest BCUT2D eigenvalue weighted by molar-refractivity contribution is -0.114. The van der Waals surface area contributed by atoms with Gasteiger partial charge in [-0.3, -0.25) is 4.79 Å². The van der Waals surface area contributed by atoms with Crippen molar-refractivity contribution in [3.05, 3.63) is 41.6 Å². The molecule has 0 amide bonds. The Balaban J connectivity index is 2.29. The van der Waals surface area contributed by atoms with Crippen molar-refractivity contribution in [2.75, 3.05) is 0 Å². The van der Waals surface area contributed by atoms with Crippen LogP contribution in [0.4, 0.5) is 0 Å². The maximum Gasteiger partial charge on any atom is 0.160 e. The summed E-state index contributed by atoms with van der Waals surface area (Å²) in [6, 6.07) is 6.96. The zero-order chi connectivity index (χ0) is 11.1. The number of hydrogen-bond acceptors (Lipinski definition) is 3. The SMILES string of the molecule is O=C1C=Cc2nc3ccc(O)cc3cc2C1. The van der Waals surface area contributed by atoms with Crippen LogP contribution < -0.4 is 0 Å². The molecule has 1 aliphatic carbocycles. The fraction of sp³-hybridized carbons (Fsp3) is 0.0769. The maximum atomic E-state index is 11.3. The van der Waals surface area contributed by atoms with Gasteiger partial charge < -0.3 is 5.11 Å². The monoisotopic (exact) mass is 211 g/mol. The fourth-order valence-electron chi connectivity index (χ4n) is 1.93. The van der Waals surface area contributed by atoms with E-state index in [1.54, 1.807) is 30.4 Å². The molecule has 0 unspecified atom stereocenters. The molecule has 3 heteroatoms. The minimum absolute atomic E-state index is 0.0915. The maximum absolute atomic E-state index is 11.3. The minimum Gasteiger partial charge on any atom is -0.508 e. The lowest BCUT2D eigenvalue weighted by atomic mass is 9.99. The van der Waals surface area contributed by atoms with Gasteiger partial charge in [-0.05, 0) is 42.0 Å². The van der Waals surface area contributed by atoms with Gasteiger partial charge in [0, 0.05) is 11.8 Å². The molecule has 0 atom stereocenters. The highest BCUT2D eigenvalue weighted by atomic mass is 16.3. The average molecular weight is 211 g/mol. The summed E-state index contributed by atoms with van der Waals surface area (Å²) >= 11 is 0. The van der Waals surface area contributed by atoms with Gasteiger partial charge in [-0.25, -0.2) is 4.98 Å². The summed E-state index contributed by atoms with van der Waals surface area (Å²) in [5.41, 5.74) is 2.60. The third-order valence-corrected chi connectivity index (χ3v) is 2.70. The van der Waals surface area contributed by atoms with Crippen LogP contribution in [-0.2, 0) is 11.2 Å². The van der Waals surface area contributed by atoms with E-state index in [0.29, 0.717) is 6.42 Å². The molecule has 0 saturated heterocycles. The van der Waals surface area contributed by atoms with Gasteiger partial charge in [-0.15, -0.1) is 0 Å². The number of hydrogen-bond donors (Lipinski definition) is 1. The molecule has 1 aromatic heterocycles. The number of phenols is 1. The second-order valence-corrected chi connectivity index (χ2v) is 3.89. The fourth-order valence-corrected chi connectivity index (χ4v) is 1.93. The number of pyridine rings is 1. The first-order valence-corrected chi connectivity index (χ1v) is 5.06. The molecule has 0 bridgehead atoms. The van der Waals surface area contributed by atoms with Crippen LogP contribution in [0.1, 0.15) is 11.3 Å². The van der Waals surface area contributed by atoms with E-state index in [2.05, 4.69) is 4.98 Å². The van der Waals surface area contributed by atoms with Crippen molar-refractivity contribution in [1.82, 2.24) is 4.98 Å². The largest absolute Gasteiger partial charge is 0.508 e. The zero-order valence-electron chi connectivity index (χ0n) is 8.47. The summed E-state index contributed by atoms with van der Waals surface area (Å²) in [5.74, 6) is 0.306. The van der Waals surface area contributed by atoms with Gasteiger partial charge in [-0.2, -0.15) is 0 Å². The summed E-state index contributed by atoms with van der Waals surface area (Å²) in [7, 11) is 0. The van der Waals surface area contributed by atoms with E-state index >= 15 is 0 Å². The molecule has 3 rings (SSSR count). The molecular weight excluding hydrogens is 202 g/mol. The van der Waals surface area contributed by atoms with Crippen molar-refractivity contribution in [2.24, 2.45) is 0 Å². The van der Waals surface area contributed by atoms with Crippen LogP contribution in [0.5, 0.6) is 5.75 Å². The Labute approximate surface area is 92.1 Å². The molecule has 1 heterocycles. The highest BCUT2D eigenvalue weighted by molar-refractivity contribution is 5.99. The number of carbonyl (C=O) groups excluding carboxylic acids is 1. The molecule has 0 aliphatic heterocycles. The third-order valence-electron chi connectivity index (χ3n) is 2.70. The molecule has 0 fully saturated rings. The lowest BCUT2D eigenvalue weighted by Gasteiger charge is -2.10. The summed E-state index contributed by atoms with van der Waals surface area (Å²) in [5, 5.41) is 10.2. The predicted molar refractivity (Wildman–Crippen MR) is 61.2 cm³/mol. The smallest absolute Gasteiger partial charge is 0.160 e. The second kappa shape index (κ2) is 3.17. The van der Waals surface area contributed by atoms with Gasteiger partial charge in [0.1, 0.15) is 5.75 Å². The van der Waals surface area contributed by atoms with Gasteiger partial charge in [0.25, 0.3) is 0 Å². The van der Waals surface area contributed by atoms with Crippen LogP contribution in [0.25, 0.3) is 17.0 Å². The van der Waals surface area contributed by atoms with Crippen LogP contribution in [0.3, 0.4) is 0 Å². The predicted octanol–water partition coefficient (Wildman–Crippen LogP) is 2.08. The molecule has 1 aliphatic rings. The van der Waals surface area contributed by atoms with E-state index < -0.39 is 0 Å². The van der Waals surface area contributed by atoms with Crippen molar-refractivity contribution < 1.29 is 9.90 Å². The number of ketones is 1. The number of fused-ring (bicyclic) bond motifs is 2. The standard InChI is InChI=1S/C13H9NO2/c15-10-1-3-12-8(6-10)5-9-7-11(16)2-4-13(9)14-12/h1-6,15H,7H2. The Hall–Kier alpha value is -2.16. The highest BCUT2D eigenvalue weighted by Gasteiger charge is 2.12. The Bertz CT molecular complexity index is 629. The van der Waals surface area contributed by atoms with Gasteiger partial charge in [0.15, 0.2) is 5.78 Å². The minimum atomic E-state index is 0.0915. The van der Waals surface area contributed by atoms with Gasteiger partial charge >= 0.3 is 0 Å². The van der Waals surface area contributed by atoms with E-state index in [1.807, 2.05) is 6.07 Å². The zero-order valence-corrected chi connectivity index (χ0v) is 8.47. The average Bonchev–Trinajstić information content (AvgIpc) is 2.26. The van der Waals surface area contributed by atoms with Crippen LogP contribution in [0, 0.1) is 0 Å². The topological polar surface area (TPSA) is 50.2 Å². The Morgan fingerprint density at radius 2 is 2.06 bits per heavy atom. The number of carbonyl (C=O) groups is 1. The summed E-state index contributed by atoms with van der Waals surface area (Å²) in [6.45, 7) is 0. The van der Waals surface area contributed by atoms with Crippen molar-refractivity contribution in [1.29, 1.82) is 0 Å². The Morgan fingerprint density at radius 1 is 1.19 bits per heavy atom. The molecule has 78 valence electrons. The molecule has 0 radical (unpaired) electrons. The van der Waals surface area contributed by atoms with E-state index in [1.165, 1.54) is 0 Å². The van der Waals surface area contributed by atoms with E-state index in [9.17, 15) is 9.90 Å². The van der Waals surface area contributed by atoms with Crippen LogP contribution in [-0.4, -0.2) is 15.9 Å². The lowest BCUT2D eigenvalue weighted by Crippen LogP contribution is -2.06. The van der Waals surface area contributed by atoms with E-state index in [-0.39, 0.29) is 11.5 Å². The van der Waals surface area contributed by atoms with Crippen LogP contribution in [0.2, 0.25) is 0 Å². The quantitative estimate of drug-likeness (QED) is 0.725.